The molecule has 3 aromatic rings. The molecule has 0 saturated carbocycles. The highest BCUT2D eigenvalue weighted by atomic mass is 79.9. The van der Waals surface area contributed by atoms with E-state index < -0.39 is 21.2 Å². The minimum Gasteiger partial charge on any atom is -0.372 e. The van der Waals surface area contributed by atoms with Gasteiger partial charge in [0.2, 0.25) is 0 Å². The van der Waals surface area contributed by atoms with Crippen molar-refractivity contribution in [2.75, 3.05) is 24.5 Å². The van der Waals surface area contributed by atoms with E-state index >= 15 is 0 Å². The Kier molecular flexibility index (Phi) is 8.63. The first-order chi connectivity index (χ1) is 19.1. The summed E-state index contributed by atoms with van der Waals surface area (Å²) in [5, 5.41) is 30.7. The first-order valence-corrected chi connectivity index (χ1v) is 13.3. The highest BCUT2D eigenvalue weighted by molar-refractivity contribution is 9.10. The molecule has 0 spiro atoms. The number of nitrogens with zero attached hydrogens (tertiary/aromatic N) is 6. The maximum atomic E-state index is 12.6. The highest BCUT2D eigenvalue weighted by Gasteiger charge is 2.34. The zero-order valence-electron chi connectivity index (χ0n) is 21.7. The molecule has 40 heavy (non-hydrogen) atoms. The molecule has 1 heterocycles. The number of aryl methyl sites for hydroxylation is 1. The lowest BCUT2D eigenvalue weighted by Crippen LogP contribution is -2.31. The Morgan fingerprint density at radius 2 is 1.60 bits per heavy atom. The molecule has 0 fully saturated rings. The molecule has 12 nitrogen and oxygen atoms in total. The standard InChI is InChI=1S/C27H25BrN6O6/c1-3-31(12-6-7-13-32-26(35)20-8-4-5-9-21(20)27(32)36)18-10-11-23(17(2)14-18)29-30-25-22(28)15-19(33(37)38)16-24(25)34(39)40/h4-5,8-11,14-16H,3,6-7,12-13H2,1-2H3/b30-29+. The number of rotatable bonds is 11. The van der Waals surface area contributed by atoms with Gasteiger partial charge in [0.25, 0.3) is 17.5 Å². The Morgan fingerprint density at radius 3 is 2.17 bits per heavy atom. The summed E-state index contributed by atoms with van der Waals surface area (Å²) in [6.45, 7) is 5.66. The van der Waals surface area contributed by atoms with Crippen molar-refractivity contribution in [1.82, 2.24) is 4.90 Å². The van der Waals surface area contributed by atoms with Crippen molar-refractivity contribution in [3.05, 3.63) is 96.0 Å². The first kappa shape index (κ1) is 28.5. The predicted octanol–water partition coefficient (Wildman–Crippen LogP) is 6.89. The van der Waals surface area contributed by atoms with Gasteiger partial charge in [-0.05, 0) is 78.5 Å². The molecule has 0 radical (unpaired) electrons. The minimum atomic E-state index is -0.741. The smallest absolute Gasteiger partial charge is 0.304 e. The summed E-state index contributed by atoms with van der Waals surface area (Å²) in [4.78, 5) is 49.6. The lowest BCUT2D eigenvalue weighted by atomic mass is 10.1. The zero-order chi connectivity index (χ0) is 29.0. The van der Waals surface area contributed by atoms with E-state index in [1.165, 1.54) is 4.90 Å². The number of nitro benzene ring substituents is 2. The van der Waals surface area contributed by atoms with Gasteiger partial charge in [-0.15, -0.1) is 10.2 Å². The van der Waals surface area contributed by atoms with Crippen LogP contribution in [0.25, 0.3) is 0 Å². The molecule has 0 N–H and O–H groups in total. The Hall–Kier alpha value is -4.52. The van der Waals surface area contributed by atoms with Crippen molar-refractivity contribution in [2.45, 2.75) is 26.7 Å². The number of carbonyl (C=O) groups excluding carboxylic acids is 2. The Morgan fingerprint density at radius 1 is 0.925 bits per heavy atom. The molecular weight excluding hydrogens is 584 g/mol. The molecule has 0 unspecified atom stereocenters. The fourth-order valence-electron chi connectivity index (χ4n) is 4.45. The van der Waals surface area contributed by atoms with Crippen LogP contribution in [-0.2, 0) is 0 Å². The SMILES string of the molecule is CCN(CCCCN1C(=O)c2ccccc2C1=O)c1ccc(/N=N/c2c(Br)cc([N+](=O)[O-])cc2[N+](=O)[O-])c(C)c1. The van der Waals surface area contributed by atoms with Crippen molar-refractivity contribution in [3.8, 4) is 0 Å². The number of amides is 2. The lowest BCUT2D eigenvalue weighted by Gasteiger charge is -2.24. The number of hydrogen-bond acceptors (Lipinski definition) is 9. The number of anilines is 1. The van der Waals surface area contributed by atoms with Crippen molar-refractivity contribution < 1.29 is 19.4 Å². The molecule has 13 heteroatoms. The third-order valence-electron chi connectivity index (χ3n) is 6.56. The van der Waals surface area contributed by atoms with Crippen molar-refractivity contribution in [3.63, 3.8) is 0 Å². The number of halogens is 1. The van der Waals surface area contributed by atoms with Crippen LogP contribution in [0, 0.1) is 27.2 Å². The van der Waals surface area contributed by atoms with Crippen LogP contribution in [0.15, 0.2) is 69.3 Å². The van der Waals surface area contributed by atoms with Crippen LogP contribution < -0.4 is 4.90 Å². The summed E-state index contributed by atoms with van der Waals surface area (Å²) in [6.07, 6.45) is 1.43. The van der Waals surface area contributed by atoms with Crippen LogP contribution in [0.3, 0.4) is 0 Å². The van der Waals surface area contributed by atoms with Crippen LogP contribution in [0.4, 0.5) is 28.4 Å². The molecule has 0 bridgehead atoms. The first-order valence-electron chi connectivity index (χ1n) is 12.5. The Balaban J connectivity index is 1.40. The number of fused-ring (bicyclic) bond motifs is 1. The van der Waals surface area contributed by atoms with E-state index in [-0.39, 0.29) is 22.0 Å². The van der Waals surface area contributed by atoms with E-state index in [4.69, 9.17) is 0 Å². The molecule has 1 aliphatic rings. The summed E-state index contributed by atoms with van der Waals surface area (Å²) in [6, 6.07) is 14.4. The number of azo groups is 1. The van der Waals surface area contributed by atoms with Gasteiger partial charge in [0.15, 0.2) is 5.69 Å². The quantitative estimate of drug-likeness (QED) is 0.0754. The fraction of sp³-hybridized carbons (Fsp3) is 0.259. The van der Waals surface area contributed by atoms with E-state index in [1.54, 1.807) is 30.3 Å². The number of unbranched alkanes of at least 4 members (excludes halogenated alkanes) is 1. The maximum Gasteiger partial charge on any atom is 0.304 e. The largest absolute Gasteiger partial charge is 0.372 e. The van der Waals surface area contributed by atoms with Gasteiger partial charge in [0, 0.05) is 31.4 Å². The number of hydrogen-bond donors (Lipinski definition) is 0. The van der Waals surface area contributed by atoms with Gasteiger partial charge in [-0.1, -0.05) is 12.1 Å². The second kappa shape index (κ2) is 12.1. The van der Waals surface area contributed by atoms with Crippen LogP contribution >= 0.6 is 15.9 Å². The molecule has 1 aliphatic heterocycles. The summed E-state index contributed by atoms with van der Waals surface area (Å²) in [5.74, 6) is -0.501. The average molecular weight is 609 g/mol. The van der Waals surface area contributed by atoms with E-state index in [9.17, 15) is 29.8 Å². The van der Waals surface area contributed by atoms with Crippen LogP contribution in [0.5, 0.6) is 0 Å². The lowest BCUT2D eigenvalue weighted by molar-refractivity contribution is -0.393. The molecule has 206 valence electrons. The van der Waals surface area contributed by atoms with Crippen LogP contribution in [0.1, 0.15) is 46.0 Å². The third kappa shape index (κ3) is 5.88. The van der Waals surface area contributed by atoms with E-state index in [0.717, 1.165) is 36.3 Å². The molecule has 0 saturated heterocycles. The predicted molar refractivity (Wildman–Crippen MR) is 152 cm³/mol. The van der Waals surface area contributed by atoms with Crippen molar-refractivity contribution in [1.29, 1.82) is 0 Å². The molecule has 3 aromatic carbocycles. The second-order valence-corrected chi connectivity index (χ2v) is 9.93. The normalized spacial score (nSPS) is 12.7. The van der Waals surface area contributed by atoms with Gasteiger partial charge in [0.05, 0.1) is 37.2 Å². The molecule has 0 aromatic heterocycles. The molecule has 0 atom stereocenters. The number of carbonyl (C=O) groups is 2. The molecule has 4 rings (SSSR count). The third-order valence-corrected chi connectivity index (χ3v) is 7.16. The Labute approximate surface area is 237 Å². The summed E-state index contributed by atoms with van der Waals surface area (Å²) in [5.41, 5.74) is 2.04. The van der Waals surface area contributed by atoms with Gasteiger partial charge >= 0.3 is 5.69 Å². The van der Waals surface area contributed by atoms with Gasteiger partial charge < -0.3 is 4.90 Å². The second-order valence-electron chi connectivity index (χ2n) is 9.07. The van der Waals surface area contributed by atoms with Crippen LogP contribution in [-0.4, -0.2) is 46.2 Å². The summed E-state index contributed by atoms with van der Waals surface area (Å²) < 4.78 is 0.0878. The van der Waals surface area contributed by atoms with Crippen molar-refractivity contribution >= 4 is 56.2 Å². The molecule has 2 amide bonds. The van der Waals surface area contributed by atoms with Crippen molar-refractivity contribution in [2.24, 2.45) is 10.2 Å². The molecule has 0 aliphatic carbocycles. The number of imide groups is 1. The highest BCUT2D eigenvalue weighted by Crippen LogP contribution is 2.40. The van der Waals surface area contributed by atoms with E-state index in [0.29, 0.717) is 36.3 Å². The molecular formula is C27H25BrN6O6. The summed E-state index contributed by atoms with van der Waals surface area (Å²) >= 11 is 3.12. The van der Waals surface area contributed by atoms with Gasteiger partial charge in [-0.3, -0.25) is 34.7 Å². The Bertz CT molecular complexity index is 1510. The maximum absolute atomic E-state index is 12.6. The van der Waals surface area contributed by atoms with Gasteiger partial charge in [-0.25, -0.2) is 0 Å². The van der Waals surface area contributed by atoms with Gasteiger partial charge in [-0.2, -0.15) is 0 Å². The number of non-ortho nitro benzene ring substituents is 1. The average Bonchev–Trinajstić information content (AvgIpc) is 3.17. The number of benzene rings is 3. The monoisotopic (exact) mass is 608 g/mol. The summed E-state index contributed by atoms with van der Waals surface area (Å²) in [7, 11) is 0. The zero-order valence-corrected chi connectivity index (χ0v) is 23.3. The fourth-order valence-corrected chi connectivity index (χ4v) is 4.97. The minimum absolute atomic E-state index is 0.0878. The topological polar surface area (TPSA) is 152 Å². The van der Waals surface area contributed by atoms with E-state index in [1.807, 2.05) is 26.0 Å². The van der Waals surface area contributed by atoms with Gasteiger partial charge in [0.1, 0.15) is 0 Å². The van der Waals surface area contributed by atoms with Crippen LogP contribution in [0.2, 0.25) is 0 Å². The number of nitro groups is 2. The van der Waals surface area contributed by atoms with E-state index in [2.05, 4.69) is 31.1 Å².